The molecule has 0 atom stereocenters. The van der Waals surface area contributed by atoms with Crippen LogP contribution < -0.4 is 9.80 Å². The molecule has 0 aliphatic carbocycles. The highest BCUT2D eigenvalue weighted by Gasteiger charge is 2.26. The van der Waals surface area contributed by atoms with Gasteiger partial charge < -0.3 is 26.7 Å². The molecule has 0 spiro atoms. The predicted octanol–water partition coefficient (Wildman–Crippen LogP) is 33.0. The van der Waals surface area contributed by atoms with Gasteiger partial charge in [-0.25, -0.2) is 24.9 Å². The zero-order valence-electron chi connectivity index (χ0n) is 72.4. The van der Waals surface area contributed by atoms with E-state index < -0.39 is 0 Å². The first kappa shape index (κ1) is 77.6. The molecule has 0 saturated carbocycles. The van der Waals surface area contributed by atoms with Crippen LogP contribution in [0.1, 0.15) is 0 Å². The number of rotatable bonds is 13. The third-order valence-corrected chi connectivity index (χ3v) is 26.0. The summed E-state index contributed by atoms with van der Waals surface area (Å²) in [7, 11) is 0. The molecule has 0 fully saturated rings. The number of hydrogen-bond donors (Lipinski definition) is 0. The molecule has 135 heavy (non-hydrogen) atoms. The molecule has 0 saturated heterocycles. The zero-order valence-corrected chi connectivity index (χ0v) is 72.4. The Hall–Kier alpha value is -18.5. The highest BCUT2D eigenvalue weighted by atomic mass is 16.3. The maximum atomic E-state index is 6.29. The molecule has 634 valence electrons. The number of fused-ring (bicyclic) bond motifs is 21. The first-order chi connectivity index (χ1) is 66.9. The quantitative estimate of drug-likeness (QED) is 0.108. The third-order valence-electron chi connectivity index (χ3n) is 26.0. The topological polar surface area (TPSA) is 146 Å². The Morgan fingerprint density at radius 3 is 1.00 bits per heavy atom. The Bertz CT molecular complexity index is 9140. The van der Waals surface area contributed by atoms with Crippen molar-refractivity contribution in [2.45, 2.75) is 0 Å². The lowest BCUT2D eigenvalue weighted by molar-refractivity contribution is 0.668. The van der Waals surface area contributed by atoms with Crippen LogP contribution >= 0.6 is 0 Å². The molecule has 0 bridgehead atoms. The molecule has 0 aliphatic rings. The highest BCUT2D eigenvalue weighted by Crippen LogP contribution is 2.48. The van der Waals surface area contributed by atoms with Gasteiger partial charge >= 0.3 is 0 Å². The van der Waals surface area contributed by atoms with Crippen molar-refractivity contribution in [3.05, 3.63) is 456 Å². The number of benzene rings is 18. The number of para-hydroxylation sites is 7. The Morgan fingerprint density at radius 1 is 0.185 bits per heavy atom. The highest BCUT2D eigenvalue weighted by molar-refractivity contribution is 6.20. The number of hydrogen-bond acceptors (Lipinski definition) is 12. The van der Waals surface area contributed by atoms with Crippen molar-refractivity contribution in [2.75, 3.05) is 9.80 Å². The summed E-state index contributed by atoms with van der Waals surface area (Å²) >= 11 is 0. The van der Waals surface area contributed by atoms with E-state index in [0.717, 1.165) is 188 Å². The van der Waals surface area contributed by atoms with Crippen molar-refractivity contribution in [1.82, 2.24) is 34.1 Å². The van der Waals surface area contributed by atoms with Crippen molar-refractivity contribution >= 4 is 188 Å². The summed E-state index contributed by atoms with van der Waals surface area (Å²) in [6, 6.07) is 147. The Morgan fingerprint density at radius 2 is 0.519 bits per heavy atom. The molecule has 10 heterocycles. The van der Waals surface area contributed by atoms with E-state index in [4.69, 9.17) is 47.0 Å². The fourth-order valence-corrected chi connectivity index (χ4v) is 19.5. The van der Waals surface area contributed by atoms with Crippen LogP contribution in [0.4, 0.5) is 34.5 Å². The lowest BCUT2D eigenvalue weighted by atomic mass is 10.0. The van der Waals surface area contributed by atoms with Gasteiger partial charge in [0.2, 0.25) is 11.9 Å². The second-order valence-electron chi connectivity index (χ2n) is 33.8. The van der Waals surface area contributed by atoms with Gasteiger partial charge in [0.05, 0.1) is 50.2 Å². The van der Waals surface area contributed by atoms with E-state index in [9.17, 15) is 0 Å². The average Bonchev–Trinajstić information content (AvgIpc) is 1.55. The van der Waals surface area contributed by atoms with Crippen molar-refractivity contribution < 1.29 is 22.1 Å². The minimum absolute atomic E-state index is 0.549. The van der Waals surface area contributed by atoms with Crippen molar-refractivity contribution in [3.63, 3.8) is 0 Å². The molecular formula is C121H75N9O5. The van der Waals surface area contributed by atoms with Crippen LogP contribution in [0.2, 0.25) is 0 Å². The van der Waals surface area contributed by atoms with Gasteiger partial charge in [-0.2, -0.15) is 0 Å². The SMILES string of the molecule is c1ccc(-c2ccc(-c3cnc(N(c4ccc5c(c4)oc4ccccc45)c4cccc5oc6ccccc6c45)nc3)cc2)cc1.c1ccc(-c2ccc(-n3c4ccccc4c4cc5c(cc43)c3ccccc3n5-c3ncc(-c4ccccc4)cn3)cc2)cc1.c1ccc2c(c1)oc1cc(-c3ccc(N(c4ccc5c(c4)oc4ccccc45)c4ccc5c(c4)oc4ccccc45)nc3)ccc12. The molecule has 14 heteroatoms. The summed E-state index contributed by atoms with van der Waals surface area (Å²) in [5, 5.41) is 15.6. The minimum Gasteiger partial charge on any atom is -0.456 e. The predicted molar refractivity (Wildman–Crippen MR) is 550 cm³/mol. The minimum atomic E-state index is 0.549. The maximum Gasteiger partial charge on any atom is 0.234 e. The number of nitrogens with zero attached hydrogens (tertiary/aromatic N) is 9. The van der Waals surface area contributed by atoms with Crippen LogP contribution in [-0.2, 0) is 0 Å². The molecule has 28 rings (SSSR count). The molecule has 18 aromatic carbocycles. The number of aromatic nitrogens is 7. The van der Waals surface area contributed by atoms with E-state index in [0.29, 0.717) is 11.9 Å². The molecule has 14 nitrogen and oxygen atoms in total. The number of anilines is 6. The van der Waals surface area contributed by atoms with Crippen LogP contribution in [0.5, 0.6) is 0 Å². The Kier molecular flexibility index (Phi) is 18.6. The third kappa shape index (κ3) is 13.6. The van der Waals surface area contributed by atoms with Crippen molar-refractivity contribution in [1.29, 1.82) is 0 Å². The van der Waals surface area contributed by atoms with Crippen LogP contribution in [-0.4, -0.2) is 34.1 Å². The molecule has 0 radical (unpaired) electrons. The van der Waals surface area contributed by atoms with E-state index in [1.54, 1.807) is 0 Å². The summed E-state index contributed by atoms with van der Waals surface area (Å²) in [6.45, 7) is 0. The van der Waals surface area contributed by atoms with Gasteiger partial charge in [0.1, 0.15) is 61.6 Å². The van der Waals surface area contributed by atoms with E-state index in [-0.39, 0.29) is 0 Å². The van der Waals surface area contributed by atoms with Crippen LogP contribution in [0, 0.1) is 0 Å². The van der Waals surface area contributed by atoms with Crippen LogP contribution in [0.3, 0.4) is 0 Å². The fourth-order valence-electron chi connectivity index (χ4n) is 19.5. The summed E-state index contributed by atoms with van der Waals surface area (Å²) in [5.41, 5.74) is 28.7. The van der Waals surface area contributed by atoms with Gasteiger partial charge in [-0.1, -0.05) is 267 Å². The maximum absolute atomic E-state index is 6.29. The number of furan rings is 5. The summed E-state index contributed by atoms with van der Waals surface area (Å²) in [4.78, 5) is 28.9. The summed E-state index contributed by atoms with van der Waals surface area (Å²) in [5.74, 6) is 1.99. The lowest BCUT2D eigenvalue weighted by Gasteiger charge is -2.24. The van der Waals surface area contributed by atoms with Crippen molar-refractivity contribution in [3.8, 4) is 67.3 Å². The summed E-state index contributed by atoms with van der Waals surface area (Å²) in [6.07, 6.45) is 9.54. The first-order valence-electron chi connectivity index (χ1n) is 45.0. The second kappa shape index (κ2) is 32.3. The van der Waals surface area contributed by atoms with E-state index in [1.165, 1.54) is 54.8 Å². The molecule has 0 unspecified atom stereocenters. The second-order valence-corrected chi connectivity index (χ2v) is 33.8. The Balaban J connectivity index is 0.000000105. The molecule has 28 aromatic rings. The monoisotopic (exact) mass is 1730 g/mol. The van der Waals surface area contributed by atoms with Gasteiger partial charge in [0, 0.05) is 142 Å². The zero-order chi connectivity index (χ0) is 89.0. The number of pyridine rings is 1. The van der Waals surface area contributed by atoms with Crippen LogP contribution in [0.25, 0.3) is 221 Å². The van der Waals surface area contributed by atoms with Gasteiger partial charge in [-0.15, -0.1) is 0 Å². The van der Waals surface area contributed by atoms with Gasteiger partial charge in [0.15, 0.2) is 0 Å². The van der Waals surface area contributed by atoms with Gasteiger partial charge in [-0.3, -0.25) is 14.4 Å². The molecule has 0 amide bonds. The molecule has 10 aromatic heterocycles. The normalized spacial score (nSPS) is 11.7. The fraction of sp³-hybridized carbons (Fsp3) is 0. The molecule has 0 aliphatic heterocycles. The van der Waals surface area contributed by atoms with Gasteiger partial charge in [0.25, 0.3) is 0 Å². The van der Waals surface area contributed by atoms with E-state index in [1.807, 2.05) is 158 Å². The van der Waals surface area contributed by atoms with Crippen molar-refractivity contribution in [2.24, 2.45) is 0 Å². The first-order valence-corrected chi connectivity index (χ1v) is 45.0. The van der Waals surface area contributed by atoms with E-state index in [2.05, 4.69) is 316 Å². The average molecular weight is 1730 g/mol. The van der Waals surface area contributed by atoms with Crippen LogP contribution in [0.15, 0.2) is 478 Å². The molecule has 0 N–H and O–H groups in total. The standard InChI is InChI=1S/C41H24N2O3.C40H26N4.C40H25N3O2/c1-4-10-35-29(7-1)32-17-13-25(21-38(32)44-35)26-14-20-41(42-24-26)43(27-15-18-33-30-8-2-5-11-36(30)45-39(33)22-27)28-16-19-34-31-9-3-6-12-37(31)46-40(34)23-28;1-3-11-27(12-4-1)29-19-21-31(22-20-29)43-36-17-9-7-15-32(36)34-24-39-35(23-38(34)43)33-16-8-10-18-37(33)44(39)40-41-25-30(26-42-40)28-13-5-2-6-14-28;1-2-9-26(10-3-1)27-17-19-28(20-18-27)29-24-41-40(42-25-29)43(30-21-22-32-31-11-4-6-14-35(31)45-38(32)23-30)34-13-8-16-37-39(34)33-12-5-7-15-36(33)44-37/h1-24H;1-26H;1-25H. The smallest absolute Gasteiger partial charge is 0.234 e. The van der Waals surface area contributed by atoms with E-state index >= 15 is 0 Å². The molecular weight excluding hydrogens is 1660 g/mol. The summed E-state index contributed by atoms with van der Waals surface area (Å²) < 4.78 is 35.9. The lowest BCUT2D eigenvalue weighted by Crippen LogP contribution is -2.13. The van der Waals surface area contributed by atoms with Gasteiger partial charge in [-0.05, 0) is 178 Å². The largest absolute Gasteiger partial charge is 0.456 e. The Labute approximate surface area is 771 Å².